The minimum absolute atomic E-state index is 0.457. The SMILES string of the molecule is Cc1occ2c1CNCC2C(=O)O. The van der Waals surface area contributed by atoms with Crippen molar-refractivity contribution in [3.05, 3.63) is 23.2 Å². The van der Waals surface area contributed by atoms with Gasteiger partial charge in [-0.25, -0.2) is 0 Å². The summed E-state index contributed by atoms with van der Waals surface area (Å²) in [5, 5.41) is 12.0. The van der Waals surface area contributed by atoms with E-state index in [0.717, 1.165) is 16.9 Å². The molecule has 0 bridgehead atoms. The fourth-order valence-electron chi connectivity index (χ4n) is 1.69. The number of rotatable bonds is 1. The third-order valence-electron chi connectivity index (χ3n) is 2.46. The van der Waals surface area contributed by atoms with Crippen LogP contribution < -0.4 is 5.32 Å². The molecule has 0 radical (unpaired) electrons. The summed E-state index contributed by atoms with van der Waals surface area (Å²) in [6.45, 7) is 3.05. The molecule has 0 fully saturated rings. The Hall–Kier alpha value is -1.29. The fraction of sp³-hybridized carbons (Fsp3) is 0.444. The largest absolute Gasteiger partial charge is 0.481 e. The molecule has 0 saturated carbocycles. The molecule has 0 saturated heterocycles. The summed E-state index contributed by atoms with van der Waals surface area (Å²) in [7, 11) is 0. The minimum atomic E-state index is -0.797. The molecule has 1 aliphatic rings. The summed E-state index contributed by atoms with van der Waals surface area (Å²) in [5.41, 5.74) is 1.82. The molecule has 4 heteroatoms. The Morgan fingerprint density at radius 1 is 1.77 bits per heavy atom. The van der Waals surface area contributed by atoms with Crippen molar-refractivity contribution >= 4 is 5.97 Å². The maximum atomic E-state index is 10.8. The van der Waals surface area contributed by atoms with E-state index in [-0.39, 0.29) is 0 Å². The Balaban J connectivity index is 2.43. The molecule has 0 aliphatic carbocycles. The number of nitrogens with one attached hydrogen (secondary N) is 1. The number of furan rings is 1. The van der Waals surface area contributed by atoms with Gasteiger partial charge < -0.3 is 14.8 Å². The quantitative estimate of drug-likeness (QED) is 0.674. The Bertz CT molecular complexity index is 343. The fourth-order valence-corrected chi connectivity index (χ4v) is 1.69. The Morgan fingerprint density at radius 2 is 2.54 bits per heavy atom. The molecule has 1 aliphatic heterocycles. The van der Waals surface area contributed by atoms with E-state index in [1.807, 2.05) is 6.92 Å². The van der Waals surface area contributed by atoms with Gasteiger partial charge >= 0.3 is 5.97 Å². The second-order valence-corrected chi connectivity index (χ2v) is 3.25. The highest BCUT2D eigenvalue weighted by Crippen LogP contribution is 2.27. The second-order valence-electron chi connectivity index (χ2n) is 3.25. The molecule has 1 aromatic heterocycles. The highest BCUT2D eigenvalue weighted by Gasteiger charge is 2.28. The third-order valence-corrected chi connectivity index (χ3v) is 2.46. The normalized spacial score (nSPS) is 21.2. The van der Waals surface area contributed by atoms with Gasteiger partial charge in [-0.05, 0) is 6.92 Å². The Morgan fingerprint density at radius 3 is 3.23 bits per heavy atom. The summed E-state index contributed by atoms with van der Waals surface area (Å²) in [4.78, 5) is 10.8. The number of carboxylic acid groups (broad SMARTS) is 1. The van der Waals surface area contributed by atoms with E-state index < -0.39 is 11.9 Å². The second kappa shape index (κ2) is 2.88. The van der Waals surface area contributed by atoms with Gasteiger partial charge in [0.2, 0.25) is 0 Å². The summed E-state index contributed by atoms with van der Waals surface area (Å²) >= 11 is 0. The van der Waals surface area contributed by atoms with Gasteiger partial charge in [-0.2, -0.15) is 0 Å². The molecule has 1 aromatic rings. The molecular formula is C9H11NO3. The number of hydrogen-bond acceptors (Lipinski definition) is 3. The highest BCUT2D eigenvalue weighted by molar-refractivity contribution is 5.77. The van der Waals surface area contributed by atoms with E-state index >= 15 is 0 Å². The maximum absolute atomic E-state index is 10.8. The molecule has 2 rings (SSSR count). The average molecular weight is 181 g/mol. The van der Waals surface area contributed by atoms with Gasteiger partial charge in [-0.1, -0.05) is 0 Å². The lowest BCUT2D eigenvalue weighted by atomic mass is 9.94. The zero-order valence-electron chi connectivity index (χ0n) is 7.33. The minimum Gasteiger partial charge on any atom is -0.481 e. The molecule has 0 amide bonds. The van der Waals surface area contributed by atoms with E-state index in [9.17, 15) is 4.79 Å². The zero-order chi connectivity index (χ0) is 9.42. The van der Waals surface area contributed by atoms with Crippen LogP contribution in [0.3, 0.4) is 0 Å². The van der Waals surface area contributed by atoms with Crippen LogP contribution >= 0.6 is 0 Å². The van der Waals surface area contributed by atoms with Gasteiger partial charge in [0.05, 0.1) is 12.2 Å². The van der Waals surface area contributed by atoms with Crippen LogP contribution in [0.5, 0.6) is 0 Å². The van der Waals surface area contributed by atoms with E-state index in [1.165, 1.54) is 0 Å². The molecular weight excluding hydrogens is 170 g/mol. The van der Waals surface area contributed by atoms with Crippen molar-refractivity contribution in [1.29, 1.82) is 0 Å². The standard InChI is InChI=1S/C9H11NO3/c1-5-6-2-10-3-7(9(11)12)8(6)4-13-5/h4,7,10H,2-3H2,1H3,(H,11,12). The van der Waals surface area contributed by atoms with Gasteiger partial charge in [0.25, 0.3) is 0 Å². The van der Waals surface area contributed by atoms with Crippen molar-refractivity contribution in [3.8, 4) is 0 Å². The van der Waals surface area contributed by atoms with Gasteiger partial charge in [-0.3, -0.25) is 4.79 Å². The van der Waals surface area contributed by atoms with Crippen LogP contribution in [0.2, 0.25) is 0 Å². The van der Waals surface area contributed by atoms with Gasteiger partial charge in [0.1, 0.15) is 5.76 Å². The summed E-state index contributed by atoms with van der Waals surface area (Å²) in [6, 6.07) is 0. The van der Waals surface area contributed by atoms with Crippen molar-refractivity contribution in [2.45, 2.75) is 19.4 Å². The van der Waals surface area contributed by atoms with Crippen molar-refractivity contribution in [1.82, 2.24) is 5.32 Å². The molecule has 70 valence electrons. The van der Waals surface area contributed by atoms with Crippen LogP contribution in [-0.2, 0) is 11.3 Å². The Kier molecular flexibility index (Phi) is 1.84. The topological polar surface area (TPSA) is 62.5 Å². The summed E-state index contributed by atoms with van der Waals surface area (Å²) in [6.07, 6.45) is 1.56. The van der Waals surface area contributed by atoms with E-state index in [4.69, 9.17) is 9.52 Å². The number of hydrogen-bond donors (Lipinski definition) is 2. The van der Waals surface area contributed by atoms with Gasteiger partial charge in [0, 0.05) is 24.2 Å². The van der Waals surface area contributed by atoms with Crippen LogP contribution in [0, 0.1) is 6.92 Å². The first-order valence-electron chi connectivity index (χ1n) is 4.20. The predicted octanol–water partition coefficient (Wildman–Crippen LogP) is 0.859. The number of fused-ring (bicyclic) bond motifs is 1. The van der Waals surface area contributed by atoms with Crippen LogP contribution in [-0.4, -0.2) is 17.6 Å². The number of carboxylic acids is 1. The van der Waals surface area contributed by atoms with Crippen LogP contribution in [0.4, 0.5) is 0 Å². The number of carbonyl (C=O) groups is 1. The first-order chi connectivity index (χ1) is 6.20. The van der Waals surface area contributed by atoms with Crippen LogP contribution in [0.1, 0.15) is 22.8 Å². The molecule has 1 unspecified atom stereocenters. The van der Waals surface area contributed by atoms with E-state index in [0.29, 0.717) is 13.1 Å². The lowest BCUT2D eigenvalue weighted by Crippen LogP contribution is -2.31. The monoisotopic (exact) mass is 181 g/mol. The van der Waals surface area contributed by atoms with Crippen LogP contribution in [0.25, 0.3) is 0 Å². The number of aliphatic carboxylic acids is 1. The van der Waals surface area contributed by atoms with Crippen molar-refractivity contribution in [2.24, 2.45) is 0 Å². The van der Waals surface area contributed by atoms with Crippen molar-refractivity contribution in [3.63, 3.8) is 0 Å². The average Bonchev–Trinajstić information content (AvgIpc) is 2.48. The predicted molar refractivity (Wildman–Crippen MR) is 45.5 cm³/mol. The lowest BCUT2D eigenvalue weighted by Gasteiger charge is -2.19. The smallest absolute Gasteiger partial charge is 0.312 e. The Labute approximate surface area is 75.6 Å². The highest BCUT2D eigenvalue weighted by atomic mass is 16.4. The van der Waals surface area contributed by atoms with Crippen molar-refractivity contribution in [2.75, 3.05) is 6.54 Å². The van der Waals surface area contributed by atoms with E-state index in [2.05, 4.69) is 5.32 Å². The third kappa shape index (κ3) is 1.23. The van der Waals surface area contributed by atoms with Crippen LogP contribution in [0.15, 0.2) is 10.7 Å². The van der Waals surface area contributed by atoms with E-state index in [1.54, 1.807) is 6.26 Å². The summed E-state index contributed by atoms with van der Waals surface area (Å²) < 4.78 is 5.19. The molecule has 0 aromatic carbocycles. The lowest BCUT2D eigenvalue weighted by molar-refractivity contribution is -0.138. The first kappa shape index (κ1) is 8.31. The zero-order valence-corrected chi connectivity index (χ0v) is 7.33. The van der Waals surface area contributed by atoms with Gasteiger partial charge in [0.15, 0.2) is 0 Å². The molecule has 13 heavy (non-hydrogen) atoms. The molecule has 1 atom stereocenters. The number of aryl methyl sites for hydroxylation is 1. The molecule has 0 spiro atoms. The molecule has 4 nitrogen and oxygen atoms in total. The molecule has 2 N–H and O–H groups in total. The van der Waals surface area contributed by atoms with Crippen molar-refractivity contribution < 1.29 is 14.3 Å². The first-order valence-corrected chi connectivity index (χ1v) is 4.20. The summed E-state index contributed by atoms with van der Waals surface area (Å²) in [5.74, 6) is -0.441. The van der Waals surface area contributed by atoms with Gasteiger partial charge in [-0.15, -0.1) is 0 Å². The molecule has 2 heterocycles. The maximum Gasteiger partial charge on any atom is 0.312 e.